The highest BCUT2D eigenvalue weighted by Crippen LogP contribution is 2.59. The van der Waals surface area contributed by atoms with Crippen molar-refractivity contribution in [1.29, 1.82) is 0 Å². The van der Waals surface area contributed by atoms with E-state index in [1.54, 1.807) is 0 Å². The number of rotatable bonds is 4. The molecule has 0 spiro atoms. The van der Waals surface area contributed by atoms with Crippen LogP contribution >= 0.6 is 0 Å². The highest BCUT2D eigenvalue weighted by molar-refractivity contribution is 7.87. The van der Waals surface area contributed by atoms with E-state index < -0.39 is 44.6 Å². The molecule has 3 fully saturated rings. The van der Waals surface area contributed by atoms with Crippen LogP contribution in [-0.4, -0.2) is 56.1 Å². The maximum atomic E-state index is 12.1. The second kappa shape index (κ2) is 4.40. The summed E-state index contributed by atoms with van der Waals surface area (Å²) in [5.41, 5.74) is -2.07. The van der Waals surface area contributed by atoms with Crippen LogP contribution in [0.1, 0.15) is 26.7 Å². The monoisotopic (exact) mass is 320 g/mol. The summed E-state index contributed by atoms with van der Waals surface area (Å²) in [4.78, 5) is 22.0. The average molecular weight is 320 g/mol. The molecule has 0 N–H and O–H groups in total. The lowest BCUT2D eigenvalue weighted by molar-refractivity contribution is -0.160. The first-order chi connectivity index (χ1) is 9.69. The van der Waals surface area contributed by atoms with Gasteiger partial charge in [0.25, 0.3) is 10.1 Å². The second-order valence-electron chi connectivity index (χ2n) is 5.78. The van der Waals surface area contributed by atoms with E-state index in [0.29, 0.717) is 0 Å². The molecule has 3 heterocycles. The molecule has 9 heteroatoms. The molecule has 3 saturated heterocycles. The summed E-state index contributed by atoms with van der Waals surface area (Å²) in [5.74, 6) is -0.984. The van der Waals surface area contributed by atoms with Gasteiger partial charge in [-0.3, -0.25) is 13.8 Å². The van der Waals surface area contributed by atoms with Gasteiger partial charge in [0.05, 0.1) is 0 Å². The Kier molecular flexibility index (Phi) is 3.09. The zero-order chi connectivity index (χ0) is 15.5. The molecule has 3 aliphatic rings. The van der Waals surface area contributed by atoms with Crippen LogP contribution in [0.15, 0.2) is 0 Å². The molecule has 4 unspecified atom stereocenters. The Labute approximate surface area is 121 Å². The van der Waals surface area contributed by atoms with Crippen LogP contribution < -0.4 is 0 Å². The Bertz CT molecular complexity index is 598. The fraction of sp³-hybridized carbons (Fsp3) is 0.833. The standard InChI is InChI=1S/C12H16O8S/c1-7(13)17-5-11-3-9-12(20-11,6-18-8(2)14)10(4-11)21(15,16)19-9/h9-10H,3-6H2,1-2H3. The van der Waals surface area contributed by atoms with Gasteiger partial charge in [-0.05, 0) is 0 Å². The molecular formula is C12H16O8S. The number of fused-ring (bicyclic) bond motifs is 1. The number of carbonyl (C=O) groups is 2. The summed E-state index contributed by atoms with van der Waals surface area (Å²) in [6.45, 7) is 2.30. The molecule has 4 atom stereocenters. The van der Waals surface area contributed by atoms with E-state index in [-0.39, 0.29) is 26.1 Å². The van der Waals surface area contributed by atoms with Gasteiger partial charge in [0.1, 0.15) is 35.8 Å². The second-order valence-corrected chi connectivity index (χ2v) is 7.52. The molecule has 21 heavy (non-hydrogen) atoms. The maximum absolute atomic E-state index is 12.1. The van der Waals surface area contributed by atoms with E-state index >= 15 is 0 Å². The van der Waals surface area contributed by atoms with Gasteiger partial charge in [-0.25, -0.2) is 0 Å². The molecule has 2 bridgehead atoms. The van der Waals surface area contributed by atoms with E-state index in [4.69, 9.17) is 18.4 Å². The normalized spacial score (nSPS) is 42.0. The molecule has 0 amide bonds. The molecule has 0 aromatic heterocycles. The highest BCUT2D eigenvalue weighted by Gasteiger charge is 2.76. The molecule has 0 radical (unpaired) electrons. The van der Waals surface area contributed by atoms with E-state index in [9.17, 15) is 18.0 Å². The van der Waals surface area contributed by atoms with Crippen LogP contribution in [0.5, 0.6) is 0 Å². The van der Waals surface area contributed by atoms with Crippen molar-refractivity contribution < 1.29 is 36.4 Å². The van der Waals surface area contributed by atoms with Gasteiger partial charge in [-0.15, -0.1) is 0 Å². The van der Waals surface area contributed by atoms with Gasteiger partial charge in [0.2, 0.25) is 0 Å². The van der Waals surface area contributed by atoms with E-state index in [1.165, 1.54) is 13.8 Å². The SMILES string of the molecule is CC(=O)OCC12CC3OS(=O)(=O)C(C1)C3(COC(C)=O)O2. The van der Waals surface area contributed by atoms with Gasteiger partial charge in [-0.1, -0.05) is 0 Å². The summed E-state index contributed by atoms with van der Waals surface area (Å²) < 4.78 is 45.1. The molecule has 3 aliphatic heterocycles. The molecule has 118 valence electrons. The average Bonchev–Trinajstić information content (AvgIpc) is 2.87. The van der Waals surface area contributed by atoms with Gasteiger partial charge in [0, 0.05) is 26.7 Å². The van der Waals surface area contributed by atoms with Crippen LogP contribution in [0.2, 0.25) is 0 Å². The minimum Gasteiger partial charge on any atom is -0.463 e. The van der Waals surface area contributed by atoms with Crippen molar-refractivity contribution in [3.05, 3.63) is 0 Å². The van der Waals surface area contributed by atoms with Crippen molar-refractivity contribution in [2.24, 2.45) is 0 Å². The lowest BCUT2D eigenvalue weighted by Crippen LogP contribution is -2.48. The Hall–Kier alpha value is -1.19. The first kappa shape index (κ1) is 14.7. The summed E-state index contributed by atoms with van der Waals surface area (Å²) in [7, 11) is -3.77. The largest absolute Gasteiger partial charge is 0.463 e. The molecular weight excluding hydrogens is 304 g/mol. The van der Waals surface area contributed by atoms with Gasteiger partial charge in [-0.2, -0.15) is 8.42 Å². The van der Waals surface area contributed by atoms with Crippen molar-refractivity contribution in [2.45, 2.75) is 49.2 Å². The van der Waals surface area contributed by atoms with Crippen LogP contribution in [0, 0.1) is 0 Å². The van der Waals surface area contributed by atoms with Crippen LogP contribution in [0.3, 0.4) is 0 Å². The number of carbonyl (C=O) groups excluding carboxylic acids is 2. The minimum absolute atomic E-state index is 0.0317. The van der Waals surface area contributed by atoms with E-state index in [0.717, 1.165) is 0 Å². The number of hydrogen-bond acceptors (Lipinski definition) is 8. The van der Waals surface area contributed by atoms with Gasteiger partial charge < -0.3 is 14.2 Å². The van der Waals surface area contributed by atoms with Crippen molar-refractivity contribution in [3.8, 4) is 0 Å². The summed E-state index contributed by atoms with van der Waals surface area (Å²) in [5, 5.41) is -0.904. The Morgan fingerprint density at radius 3 is 2.33 bits per heavy atom. The molecule has 8 nitrogen and oxygen atoms in total. The third kappa shape index (κ3) is 2.14. The molecule has 3 rings (SSSR count). The predicted octanol–water partition coefficient (Wildman–Crippen LogP) is -0.489. The highest BCUT2D eigenvalue weighted by atomic mass is 32.2. The van der Waals surface area contributed by atoms with Crippen molar-refractivity contribution in [3.63, 3.8) is 0 Å². The molecule has 0 aliphatic carbocycles. The molecule has 0 aromatic rings. The third-order valence-electron chi connectivity index (χ3n) is 4.25. The zero-order valence-electron chi connectivity index (χ0n) is 11.7. The summed E-state index contributed by atoms with van der Waals surface area (Å²) >= 11 is 0. The molecule has 0 saturated carbocycles. The smallest absolute Gasteiger partial charge is 0.302 e. The molecule has 0 aromatic carbocycles. The first-order valence-electron chi connectivity index (χ1n) is 6.58. The fourth-order valence-corrected chi connectivity index (χ4v) is 5.38. The van der Waals surface area contributed by atoms with E-state index in [1.807, 2.05) is 0 Å². The predicted molar refractivity (Wildman–Crippen MR) is 66.6 cm³/mol. The summed E-state index contributed by atoms with van der Waals surface area (Å²) in [6.07, 6.45) is -0.256. The maximum Gasteiger partial charge on any atom is 0.302 e. The van der Waals surface area contributed by atoms with Crippen molar-refractivity contribution >= 4 is 22.1 Å². The van der Waals surface area contributed by atoms with E-state index in [2.05, 4.69) is 0 Å². The number of ether oxygens (including phenoxy) is 3. The van der Waals surface area contributed by atoms with Gasteiger partial charge >= 0.3 is 11.9 Å². The quantitative estimate of drug-likeness (QED) is 0.505. The van der Waals surface area contributed by atoms with Crippen LogP contribution in [0.4, 0.5) is 0 Å². The topological polar surface area (TPSA) is 105 Å². The lowest BCUT2D eigenvalue weighted by atomic mass is 9.80. The minimum atomic E-state index is -3.77. The van der Waals surface area contributed by atoms with Crippen LogP contribution in [-0.2, 0) is 38.1 Å². The number of hydrogen-bond donors (Lipinski definition) is 0. The first-order valence-corrected chi connectivity index (χ1v) is 8.05. The fourth-order valence-electron chi connectivity index (χ4n) is 3.43. The third-order valence-corrected chi connectivity index (χ3v) is 6.01. The lowest BCUT2D eigenvalue weighted by Gasteiger charge is -2.26. The van der Waals surface area contributed by atoms with Crippen LogP contribution in [0.25, 0.3) is 0 Å². The summed E-state index contributed by atoms with van der Waals surface area (Å²) in [6, 6.07) is 0. The Balaban J connectivity index is 1.88. The van der Waals surface area contributed by atoms with Crippen molar-refractivity contribution in [1.82, 2.24) is 0 Å². The Morgan fingerprint density at radius 2 is 1.76 bits per heavy atom. The zero-order valence-corrected chi connectivity index (χ0v) is 12.5. The Morgan fingerprint density at radius 1 is 1.14 bits per heavy atom. The van der Waals surface area contributed by atoms with Gasteiger partial charge in [0.15, 0.2) is 0 Å². The number of esters is 2. The van der Waals surface area contributed by atoms with Crippen molar-refractivity contribution in [2.75, 3.05) is 13.2 Å².